The fraction of sp³-hybridized carbons (Fsp3) is 0.231. The molecule has 0 bridgehead atoms. The zero-order chi connectivity index (χ0) is 14.4. The number of halogens is 1. The Morgan fingerprint density at radius 2 is 2.05 bits per heavy atom. The highest BCUT2D eigenvalue weighted by atomic mass is 19.1. The first-order valence-corrected chi connectivity index (χ1v) is 5.46. The van der Waals surface area contributed by atoms with Crippen molar-refractivity contribution in [2.24, 2.45) is 0 Å². The van der Waals surface area contributed by atoms with E-state index in [0.717, 1.165) is 17.0 Å². The number of benzene rings is 1. The normalized spacial score (nSPS) is 11.5. The third-order valence-electron chi connectivity index (χ3n) is 2.42. The Bertz CT molecular complexity index is 472. The van der Waals surface area contributed by atoms with Crippen molar-refractivity contribution < 1.29 is 23.8 Å². The molecule has 19 heavy (non-hydrogen) atoms. The molecule has 5 nitrogen and oxygen atoms in total. The number of carboxylic acids is 1. The number of carboxylic acid groups (broad SMARTS) is 1. The molecule has 1 rings (SSSR count). The molecule has 102 valence electrons. The third kappa shape index (κ3) is 3.80. The van der Waals surface area contributed by atoms with Crippen LogP contribution in [0, 0.1) is 5.82 Å². The van der Waals surface area contributed by atoms with Crippen LogP contribution in [0.5, 0.6) is 0 Å². The molecule has 1 aromatic carbocycles. The number of carbonyl (C=O) groups excluding carboxylic acids is 1. The van der Waals surface area contributed by atoms with Crippen LogP contribution >= 0.6 is 0 Å². The Kier molecular flexibility index (Phi) is 5.05. The largest absolute Gasteiger partial charge is 0.479 e. The fourth-order valence-corrected chi connectivity index (χ4v) is 1.51. The van der Waals surface area contributed by atoms with E-state index in [2.05, 4.69) is 6.58 Å². The van der Waals surface area contributed by atoms with Crippen molar-refractivity contribution in [1.29, 1.82) is 0 Å². The van der Waals surface area contributed by atoms with E-state index in [9.17, 15) is 19.1 Å². The van der Waals surface area contributed by atoms with Crippen molar-refractivity contribution in [3.8, 4) is 0 Å². The molecule has 1 aromatic rings. The standard InChI is InChI=1S/C13H14FNO4/c1-3-8-19-13(18)15(2)11(12(16)17)9-4-6-10(14)7-5-9/h3-7,11H,1,8H2,2H3,(H,16,17). The van der Waals surface area contributed by atoms with Gasteiger partial charge in [-0.2, -0.15) is 0 Å². The molecule has 0 aliphatic heterocycles. The van der Waals surface area contributed by atoms with Gasteiger partial charge >= 0.3 is 12.1 Å². The predicted octanol–water partition coefficient (Wildman–Crippen LogP) is 2.21. The van der Waals surface area contributed by atoms with Gasteiger partial charge in [0.1, 0.15) is 12.4 Å². The van der Waals surface area contributed by atoms with Crippen molar-refractivity contribution in [3.63, 3.8) is 0 Å². The molecule has 6 heteroatoms. The average molecular weight is 267 g/mol. The van der Waals surface area contributed by atoms with Gasteiger partial charge in [-0.3, -0.25) is 4.90 Å². The van der Waals surface area contributed by atoms with Crippen LogP contribution in [0.25, 0.3) is 0 Å². The maximum absolute atomic E-state index is 12.8. The first-order chi connectivity index (χ1) is 8.97. The van der Waals surface area contributed by atoms with Gasteiger partial charge in [0.15, 0.2) is 6.04 Å². The zero-order valence-electron chi connectivity index (χ0n) is 10.4. The minimum atomic E-state index is -1.24. The molecule has 1 unspecified atom stereocenters. The molecule has 1 amide bonds. The van der Waals surface area contributed by atoms with Crippen LogP contribution in [0.3, 0.4) is 0 Å². The summed E-state index contributed by atoms with van der Waals surface area (Å²) >= 11 is 0. The summed E-state index contributed by atoms with van der Waals surface area (Å²) in [5, 5.41) is 9.18. The second-order valence-corrected chi connectivity index (χ2v) is 3.77. The summed E-state index contributed by atoms with van der Waals surface area (Å²) in [4.78, 5) is 23.8. The van der Waals surface area contributed by atoms with E-state index in [1.807, 2.05) is 0 Å². The zero-order valence-corrected chi connectivity index (χ0v) is 10.4. The number of hydrogen-bond acceptors (Lipinski definition) is 3. The quantitative estimate of drug-likeness (QED) is 0.830. The molecule has 0 aliphatic carbocycles. The Balaban J connectivity index is 2.94. The van der Waals surface area contributed by atoms with E-state index in [0.29, 0.717) is 0 Å². The van der Waals surface area contributed by atoms with Gasteiger partial charge in [0.05, 0.1) is 0 Å². The molecule has 0 aromatic heterocycles. The number of nitrogens with zero attached hydrogens (tertiary/aromatic N) is 1. The summed E-state index contributed by atoms with van der Waals surface area (Å²) in [5.41, 5.74) is 0.284. The molecule has 0 fully saturated rings. The molecule has 0 aliphatic rings. The predicted molar refractivity (Wildman–Crippen MR) is 66.1 cm³/mol. The Morgan fingerprint density at radius 1 is 1.47 bits per heavy atom. The number of carbonyl (C=O) groups is 2. The van der Waals surface area contributed by atoms with Crippen LogP contribution in [0.4, 0.5) is 9.18 Å². The van der Waals surface area contributed by atoms with E-state index < -0.39 is 23.9 Å². The van der Waals surface area contributed by atoms with Gasteiger partial charge in [0.25, 0.3) is 0 Å². The molecule has 0 saturated carbocycles. The Hall–Kier alpha value is -2.37. The summed E-state index contributed by atoms with van der Waals surface area (Å²) in [6, 6.07) is 3.65. The summed E-state index contributed by atoms with van der Waals surface area (Å²) in [6.45, 7) is 3.37. The summed E-state index contributed by atoms with van der Waals surface area (Å²) in [5.74, 6) is -1.71. The van der Waals surface area contributed by atoms with Gasteiger partial charge in [0, 0.05) is 7.05 Å². The van der Waals surface area contributed by atoms with Crippen LogP contribution in [0.2, 0.25) is 0 Å². The second kappa shape index (κ2) is 6.53. The van der Waals surface area contributed by atoms with Gasteiger partial charge in [0.2, 0.25) is 0 Å². The van der Waals surface area contributed by atoms with Gasteiger partial charge in [-0.25, -0.2) is 14.0 Å². The minimum absolute atomic E-state index is 0.0150. The molecule has 0 heterocycles. The second-order valence-electron chi connectivity index (χ2n) is 3.77. The highest BCUT2D eigenvalue weighted by molar-refractivity contribution is 5.81. The fourth-order valence-electron chi connectivity index (χ4n) is 1.51. The lowest BCUT2D eigenvalue weighted by molar-refractivity contribution is -0.142. The average Bonchev–Trinajstić information content (AvgIpc) is 2.38. The first kappa shape index (κ1) is 14.7. The number of aliphatic carboxylic acids is 1. The van der Waals surface area contributed by atoms with Crippen LogP contribution in [-0.4, -0.2) is 35.7 Å². The first-order valence-electron chi connectivity index (χ1n) is 5.46. The number of rotatable bonds is 5. The number of amides is 1. The summed E-state index contributed by atoms with van der Waals surface area (Å²) < 4.78 is 17.6. The molecule has 0 saturated heterocycles. The molecule has 0 radical (unpaired) electrons. The molecular weight excluding hydrogens is 253 g/mol. The van der Waals surface area contributed by atoms with Crippen LogP contribution in [-0.2, 0) is 9.53 Å². The van der Waals surface area contributed by atoms with Crippen LogP contribution in [0.15, 0.2) is 36.9 Å². The van der Waals surface area contributed by atoms with Gasteiger partial charge in [-0.15, -0.1) is 0 Å². The summed E-state index contributed by atoms with van der Waals surface area (Å²) in [7, 11) is 1.30. The Morgan fingerprint density at radius 3 is 2.53 bits per heavy atom. The van der Waals surface area contributed by atoms with Crippen molar-refractivity contribution in [1.82, 2.24) is 4.90 Å². The van der Waals surface area contributed by atoms with Crippen molar-refractivity contribution in [3.05, 3.63) is 48.3 Å². The van der Waals surface area contributed by atoms with E-state index in [1.165, 1.54) is 25.3 Å². The smallest absolute Gasteiger partial charge is 0.410 e. The van der Waals surface area contributed by atoms with Crippen LogP contribution in [0.1, 0.15) is 11.6 Å². The van der Waals surface area contributed by atoms with E-state index in [-0.39, 0.29) is 12.2 Å². The van der Waals surface area contributed by atoms with Crippen molar-refractivity contribution >= 4 is 12.1 Å². The lowest BCUT2D eigenvalue weighted by Gasteiger charge is -2.24. The summed E-state index contributed by atoms with van der Waals surface area (Å²) in [6.07, 6.45) is 0.580. The number of likely N-dealkylation sites (N-methyl/N-ethyl adjacent to an activating group) is 1. The van der Waals surface area contributed by atoms with Gasteiger partial charge < -0.3 is 9.84 Å². The molecule has 1 N–H and O–H groups in total. The lowest BCUT2D eigenvalue weighted by Crippen LogP contribution is -2.36. The van der Waals surface area contributed by atoms with Crippen LogP contribution < -0.4 is 0 Å². The van der Waals surface area contributed by atoms with E-state index >= 15 is 0 Å². The van der Waals surface area contributed by atoms with E-state index in [1.54, 1.807) is 0 Å². The highest BCUT2D eigenvalue weighted by Gasteiger charge is 2.29. The van der Waals surface area contributed by atoms with E-state index in [4.69, 9.17) is 4.74 Å². The van der Waals surface area contributed by atoms with Crippen molar-refractivity contribution in [2.75, 3.05) is 13.7 Å². The highest BCUT2D eigenvalue weighted by Crippen LogP contribution is 2.20. The third-order valence-corrected chi connectivity index (χ3v) is 2.42. The molecule has 1 atom stereocenters. The van der Waals surface area contributed by atoms with Crippen molar-refractivity contribution in [2.45, 2.75) is 6.04 Å². The topological polar surface area (TPSA) is 66.8 Å². The number of ether oxygens (including phenoxy) is 1. The van der Waals surface area contributed by atoms with Gasteiger partial charge in [-0.1, -0.05) is 24.8 Å². The molecular formula is C13H14FNO4. The maximum atomic E-state index is 12.8. The minimum Gasteiger partial charge on any atom is -0.479 e. The lowest BCUT2D eigenvalue weighted by atomic mass is 10.1. The monoisotopic (exact) mass is 267 g/mol. The Labute approximate surface area is 109 Å². The maximum Gasteiger partial charge on any atom is 0.410 e. The number of hydrogen-bond donors (Lipinski definition) is 1. The molecule has 0 spiro atoms. The van der Waals surface area contributed by atoms with Gasteiger partial charge in [-0.05, 0) is 17.7 Å². The SMILES string of the molecule is C=CCOC(=O)N(C)C(C(=O)O)c1ccc(F)cc1.